The maximum Gasteiger partial charge on any atom is 0.304 e. The van der Waals surface area contributed by atoms with Crippen molar-refractivity contribution in [1.82, 2.24) is 0 Å². The van der Waals surface area contributed by atoms with Crippen LogP contribution in [-0.2, 0) is 14.3 Å². The van der Waals surface area contributed by atoms with Crippen molar-refractivity contribution in [3.63, 3.8) is 0 Å². The van der Waals surface area contributed by atoms with Crippen LogP contribution in [0.1, 0.15) is 6.92 Å². The Balaban J connectivity index is 2.58. The molecule has 0 aliphatic carbocycles. The second kappa shape index (κ2) is 16.0. The van der Waals surface area contributed by atoms with E-state index in [1.807, 2.05) is 4.90 Å². The van der Waals surface area contributed by atoms with E-state index >= 15 is 0 Å². The van der Waals surface area contributed by atoms with E-state index in [1.54, 1.807) is 18.2 Å². The standard InChI is InChI=1S/C25H29BrN6O8/c1-5-9-39-11-7-30(8-12-40-10-6-2)22-15-20(27-17(3)33)21(16-24(22)38-4)28-29-25-19(26)13-18(31(34)35)14-23(25)32(36)37/h5-6,13-16H,1-2,7-12H2,3-4H3,(H,27,33). The lowest BCUT2D eigenvalue weighted by molar-refractivity contribution is -0.393. The fraction of sp³-hybridized carbons (Fsp3) is 0.320. The number of anilines is 2. The van der Waals surface area contributed by atoms with Gasteiger partial charge in [-0.25, -0.2) is 0 Å². The summed E-state index contributed by atoms with van der Waals surface area (Å²) in [5.41, 5.74) is -0.390. The van der Waals surface area contributed by atoms with Crippen molar-refractivity contribution >= 4 is 56.0 Å². The molecule has 0 fully saturated rings. The highest BCUT2D eigenvalue weighted by Crippen LogP contribution is 2.43. The van der Waals surface area contributed by atoms with Crippen LogP contribution in [-0.4, -0.2) is 62.4 Å². The monoisotopic (exact) mass is 620 g/mol. The Kier molecular flexibility index (Phi) is 12.8. The largest absolute Gasteiger partial charge is 0.494 e. The first-order valence-electron chi connectivity index (χ1n) is 11.8. The summed E-state index contributed by atoms with van der Waals surface area (Å²) in [7, 11) is 1.45. The molecule has 0 heterocycles. The molecule has 15 heteroatoms. The van der Waals surface area contributed by atoms with E-state index in [-0.39, 0.29) is 21.5 Å². The first-order valence-corrected chi connectivity index (χ1v) is 12.6. The maximum absolute atomic E-state index is 12.0. The van der Waals surface area contributed by atoms with Gasteiger partial charge in [-0.15, -0.1) is 23.4 Å². The number of amides is 1. The molecule has 2 aromatic rings. The number of halogens is 1. The van der Waals surface area contributed by atoms with E-state index in [0.29, 0.717) is 51.0 Å². The lowest BCUT2D eigenvalue weighted by atomic mass is 10.2. The number of methoxy groups -OCH3 is 1. The van der Waals surface area contributed by atoms with Gasteiger partial charge < -0.3 is 24.4 Å². The van der Waals surface area contributed by atoms with Gasteiger partial charge in [0.2, 0.25) is 5.91 Å². The van der Waals surface area contributed by atoms with Crippen LogP contribution in [0.25, 0.3) is 0 Å². The number of benzene rings is 2. The molecule has 214 valence electrons. The summed E-state index contributed by atoms with van der Waals surface area (Å²) >= 11 is 3.10. The van der Waals surface area contributed by atoms with E-state index in [4.69, 9.17) is 14.2 Å². The van der Waals surface area contributed by atoms with E-state index in [1.165, 1.54) is 20.1 Å². The predicted molar refractivity (Wildman–Crippen MR) is 153 cm³/mol. The van der Waals surface area contributed by atoms with Crippen LogP contribution >= 0.6 is 15.9 Å². The van der Waals surface area contributed by atoms with Crippen LogP contribution in [0.15, 0.2) is 64.3 Å². The van der Waals surface area contributed by atoms with Crippen LogP contribution in [0.2, 0.25) is 0 Å². The summed E-state index contributed by atoms with van der Waals surface area (Å²) < 4.78 is 16.7. The second-order valence-corrected chi connectivity index (χ2v) is 8.80. The molecule has 0 atom stereocenters. The second-order valence-electron chi connectivity index (χ2n) is 7.95. The molecule has 40 heavy (non-hydrogen) atoms. The van der Waals surface area contributed by atoms with Crippen LogP contribution in [0.3, 0.4) is 0 Å². The Morgan fingerprint density at radius 1 is 1.05 bits per heavy atom. The summed E-state index contributed by atoms with van der Waals surface area (Å²) in [6, 6.07) is 5.02. The normalized spacial score (nSPS) is 10.8. The van der Waals surface area contributed by atoms with E-state index in [2.05, 4.69) is 44.6 Å². The molecule has 0 aromatic heterocycles. The summed E-state index contributed by atoms with van der Waals surface area (Å²) in [6.07, 6.45) is 3.28. The van der Waals surface area contributed by atoms with E-state index < -0.39 is 27.1 Å². The van der Waals surface area contributed by atoms with Crippen molar-refractivity contribution in [2.75, 3.05) is 56.8 Å². The lowest BCUT2D eigenvalue weighted by Crippen LogP contribution is -2.31. The zero-order valence-electron chi connectivity index (χ0n) is 22.0. The smallest absolute Gasteiger partial charge is 0.304 e. The summed E-state index contributed by atoms with van der Waals surface area (Å²) in [5.74, 6) is -0.0296. The molecule has 0 aliphatic heterocycles. The Morgan fingerprint density at radius 3 is 2.17 bits per heavy atom. The molecule has 0 unspecified atom stereocenters. The minimum Gasteiger partial charge on any atom is -0.494 e. The SMILES string of the molecule is C=CCOCCN(CCOCC=C)c1cc(NC(C)=O)c(N=Nc2c(Br)cc([N+](=O)[O-])cc2[N+](=O)[O-])cc1OC. The van der Waals surface area contributed by atoms with Crippen LogP contribution in [0.4, 0.5) is 34.1 Å². The minimum atomic E-state index is -0.800. The van der Waals surface area contributed by atoms with Gasteiger partial charge in [-0.2, -0.15) is 0 Å². The zero-order chi connectivity index (χ0) is 29.7. The molecule has 0 aliphatic rings. The molecule has 1 amide bonds. The Bertz CT molecular complexity index is 1270. The average molecular weight is 621 g/mol. The number of hydrogen-bond donors (Lipinski definition) is 1. The molecule has 14 nitrogen and oxygen atoms in total. The zero-order valence-corrected chi connectivity index (χ0v) is 23.6. The Hall–Kier alpha value is -4.21. The summed E-state index contributed by atoms with van der Waals surface area (Å²) in [4.78, 5) is 35.1. The highest BCUT2D eigenvalue weighted by molar-refractivity contribution is 9.10. The van der Waals surface area contributed by atoms with Crippen molar-refractivity contribution in [2.24, 2.45) is 10.2 Å². The summed E-state index contributed by atoms with van der Waals surface area (Å²) in [6.45, 7) is 11.0. The van der Waals surface area contributed by atoms with Gasteiger partial charge in [-0.1, -0.05) is 12.2 Å². The number of nitrogens with zero attached hydrogens (tertiary/aromatic N) is 5. The van der Waals surface area contributed by atoms with Crippen molar-refractivity contribution < 1.29 is 28.9 Å². The predicted octanol–water partition coefficient (Wildman–Crippen LogP) is 5.86. The quantitative estimate of drug-likeness (QED) is 0.0747. The van der Waals surface area contributed by atoms with Crippen LogP contribution < -0.4 is 15.0 Å². The number of carbonyl (C=O) groups is 1. The number of hydrogen-bond acceptors (Lipinski definition) is 11. The van der Waals surface area contributed by atoms with Gasteiger partial charge in [0.1, 0.15) is 11.4 Å². The molecule has 0 saturated carbocycles. The highest BCUT2D eigenvalue weighted by Gasteiger charge is 2.24. The number of carbonyl (C=O) groups excluding carboxylic acids is 1. The molecule has 0 spiro atoms. The third-order valence-electron chi connectivity index (χ3n) is 5.12. The highest BCUT2D eigenvalue weighted by atomic mass is 79.9. The fourth-order valence-electron chi connectivity index (χ4n) is 3.39. The van der Waals surface area contributed by atoms with Crippen LogP contribution in [0.5, 0.6) is 5.75 Å². The topological polar surface area (TPSA) is 171 Å². The van der Waals surface area contributed by atoms with Crippen molar-refractivity contribution in [3.8, 4) is 5.75 Å². The number of azo groups is 1. The first kappa shape index (κ1) is 32.0. The van der Waals surface area contributed by atoms with Gasteiger partial charge in [0.15, 0.2) is 5.69 Å². The van der Waals surface area contributed by atoms with Crippen LogP contribution in [0, 0.1) is 20.2 Å². The number of nitro benzene ring substituents is 2. The van der Waals surface area contributed by atoms with Gasteiger partial charge in [0.05, 0.1) is 65.3 Å². The average Bonchev–Trinajstić information content (AvgIpc) is 2.91. The van der Waals surface area contributed by atoms with E-state index in [9.17, 15) is 25.0 Å². The number of ether oxygens (including phenoxy) is 3. The van der Waals surface area contributed by atoms with Crippen molar-refractivity contribution in [3.05, 3.63) is 74.3 Å². The van der Waals surface area contributed by atoms with Gasteiger partial charge in [-0.05, 0) is 22.0 Å². The molecule has 2 rings (SSSR count). The third kappa shape index (κ3) is 9.21. The van der Waals surface area contributed by atoms with Gasteiger partial charge in [-0.3, -0.25) is 25.0 Å². The van der Waals surface area contributed by atoms with Gasteiger partial charge in [0, 0.05) is 32.1 Å². The minimum absolute atomic E-state index is 0.00737. The van der Waals surface area contributed by atoms with E-state index in [0.717, 1.165) is 12.1 Å². The van der Waals surface area contributed by atoms with Gasteiger partial charge >= 0.3 is 5.69 Å². The lowest BCUT2D eigenvalue weighted by Gasteiger charge is -2.27. The number of rotatable bonds is 17. The first-order chi connectivity index (χ1) is 19.1. The molecule has 0 saturated heterocycles. The maximum atomic E-state index is 12.0. The molecule has 0 radical (unpaired) electrons. The van der Waals surface area contributed by atoms with Gasteiger partial charge in [0.25, 0.3) is 5.69 Å². The molecular weight excluding hydrogens is 592 g/mol. The summed E-state index contributed by atoms with van der Waals surface area (Å²) in [5, 5.41) is 33.5. The fourth-order valence-corrected chi connectivity index (χ4v) is 3.91. The molecular formula is C25H29BrN6O8. The number of non-ortho nitro benzene ring substituents is 1. The Morgan fingerprint density at radius 2 is 1.68 bits per heavy atom. The Labute approximate surface area is 238 Å². The third-order valence-corrected chi connectivity index (χ3v) is 5.73. The number of nitro groups is 2. The van der Waals surface area contributed by atoms with Crippen molar-refractivity contribution in [2.45, 2.75) is 6.92 Å². The van der Waals surface area contributed by atoms with Crippen molar-refractivity contribution in [1.29, 1.82) is 0 Å². The molecule has 1 N–H and O–H groups in total. The molecule has 0 bridgehead atoms. The number of nitrogens with one attached hydrogen (secondary N) is 1. The molecule has 2 aromatic carbocycles.